The van der Waals surface area contributed by atoms with E-state index < -0.39 is 22.2 Å². The molecule has 1 amide bonds. The molecule has 2 aromatic carbocycles. The van der Waals surface area contributed by atoms with Gasteiger partial charge in [-0.25, -0.2) is 8.78 Å². The number of rotatable bonds is 10. The van der Waals surface area contributed by atoms with Crippen LogP contribution in [-0.4, -0.2) is 40.2 Å². The molecule has 37 heavy (non-hydrogen) atoms. The molecule has 8 nitrogen and oxygen atoms in total. The summed E-state index contributed by atoms with van der Waals surface area (Å²) in [7, 11) is 0. The molecular formula is C27H29F2N5O3. The van der Waals surface area contributed by atoms with Crippen LogP contribution in [0.1, 0.15) is 43.7 Å². The van der Waals surface area contributed by atoms with Crippen LogP contribution in [0.15, 0.2) is 65.3 Å². The Bertz CT molecular complexity index is 1290. The van der Waals surface area contributed by atoms with Crippen molar-refractivity contribution in [3.63, 3.8) is 0 Å². The predicted molar refractivity (Wildman–Crippen MR) is 137 cm³/mol. The Hall–Kier alpha value is -3.92. The lowest BCUT2D eigenvalue weighted by Gasteiger charge is -2.31. The number of nitrogens with zero attached hydrogens (tertiary/aromatic N) is 3. The van der Waals surface area contributed by atoms with Crippen LogP contribution in [0.3, 0.4) is 0 Å². The van der Waals surface area contributed by atoms with Gasteiger partial charge in [0.15, 0.2) is 5.84 Å². The van der Waals surface area contributed by atoms with Gasteiger partial charge in [0, 0.05) is 29.9 Å². The van der Waals surface area contributed by atoms with E-state index >= 15 is 0 Å². The number of hydrogen-bond donors (Lipinski definition) is 2. The number of allylic oxidation sites excluding steroid dienone is 2. The van der Waals surface area contributed by atoms with E-state index in [2.05, 4.69) is 5.32 Å². The second-order valence-electron chi connectivity index (χ2n) is 9.33. The van der Waals surface area contributed by atoms with Gasteiger partial charge in [-0.3, -0.25) is 19.9 Å². The van der Waals surface area contributed by atoms with Gasteiger partial charge < -0.3 is 16.0 Å². The highest BCUT2D eigenvalue weighted by atomic mass is 19.1. The molecule has 3 N–H and O–H groups in total. The Balaban J connectivity index is 1.68. The Morgan fingerprint density at radius 1 is 1.19 bits per heavy atom. The zero-order valence-corrected chi connectivity index (χ0v) is 20.5. The summed E-state index contributed by atoms with van der Waals surface area (Å²) in [5.41, 5.74) is 6.83. The van der Waals surface area contributed by atoms with E-state index in [1.54, 1.807) is 17.0 Å². The van der Waals surface area contributed by atoms with E-state index in [9.17, 15) is 23.7 Å². The van der Waals surface area contributed by atoms with Crippen LogP contribution in [-0.2, 0) is 11.3 Å². The molecule has 0 fully saturated rings. The van der Waals surface area contributed by atoms with Crippen LogP contribution in [0.5, 0.6) is 0 Å². The minimum Gasteiger partial charge on any atom is -0.349 e. The van der Waals surface area contributed by atoms with Crippen LogP contribution in [0.25, 0.3) is 5.57 Å². The van der Waals surface area contributed by atoms with Crippen molar-refractivity contribution in [3.8, 4) is 0 Å². The average Bonchev–Trinajstić information content (AvgIpc) is 3.17. The summed E-state index contributed by atoms with van der Waals surface area (Å²) >= 11 is 0. The summed E-state index contributed by atoms with van der Waals surface area (Å²) in [4.78, 5) is 30.3. The Morgan fingerprint density at radius 2 is 1.95 bits per heavy atom. The molecule has 1 unspecified atom stereocenters. The van der Waals surface area contributed by atoms with Gasteiger partial charge in [0.25, 0.3) is 11.6 Å². The highest BCUT2D eigenvalue weighted by Gasteiger charge is 2.44. The van der Waals surface area contributed by atoms with Crippen LogP contribution >= 0.6 is 0 Å². The van der Waals surface area contributed by atoms with Crippen molar-refractivity contribution >= 4 is 23.0 Å². The molecule has 0 saturated carbocycles. The predicted octanol–water partition coefficient (Wildman–Crippen LogP) is 4.46. The Labute approximate surface area is 213 Å². The van der Waals surface area contributed by atoms with Gasteiger partial charge in [-0.05, 0) is 68.1 Å². The van der Waals surface area contributed by atoms with Crippen molar-refractivity contribution in [2.24, 2.45) is 10.7 Å². The lowest BCUT2D eigenvalue weighted by molar-refractivity contribution is -0.385. The molecule has 194 valence electrons. The molecule has 0 aromatic heterocycles. The monoisotopic (exact) mass is 509 g/mol. The van der Waals surface area contributed by atoms with Crippen molar-refractivity contribution in [1.29, 1.82) is 0 Å². The summed E-state index contributed by atoms with van der Waals surface area (Å²) in [5.74, 6) is -1.26. The number of carbonyl (C=O) groups is 1. The third-order valence-electron chi connectivity index (χ3n) is 6.58. The first-order valence-electron chi connectivity index (χ1n) is 12.2. The third kappa shape index (κ3) is 5.75. The summed E-state index contributed by atoms with van der Waals surface area (Å²) < 4.78 is 28.2. The Kier molecular flexibility index (Phi) is 7.77. The number of aliphatic imine (C=N–C) groups is 1. The number of benzene rings is 2. The summed E-state index contributed by atoms with van der Waals surface area (Å²) in [6, 6.07) is 9.39. The largest absolute Gasteiger partial charge is 0.349 e. The van der Waals surface area contributed by atoms with Crippen molar-refractivity contribution < 1.29 is 18.5 Å². The van der Waals surface area contributed by atoms with Gasteiger partial charge in [-0.15, -0.1) is 0 Å². The molecule has 1 atom stereocenters. The summed E-state index contributed by atoms with van der Waals surface area (Å²) in [6.45, 7) is 2.78. The molecule has 1 aliphatic heterocycles. The van der Waals surface area contributed by atoms with Gasteiger partial charge in [-0.2, -0.15) is 0 Å². The molecule has 2 aromatic rings. The quantitative estimate of drug-likeness (QED) is 0.279. The molecular weight excluding hydrogens is 480 g/mol. The van der Waals surface area contributed by atoms with Crippen molar-refractivity contribution in [3.05, 3.63) is 93.2 Å². The molecule has 4 rings (SSSR count). The fourth-order valence-electron chi connectivity index (χ4n) is 4.52. The minimum absolute atomic E-state index is 0.0701. The topological polar surface area (TPSA) is 114 Å². The van der Waals surface area contributed by atoms with Crippen LogP contribution in [0, 0.1) is 21.7 Å². The number of halogens is 2. The Morgan fingerprint density at radius 3 is 2.65 bits per heavy atom. The smallest absolute Gasteiger partial charge is 0.286 e. The number of amides is 1. The van der Waals surface area contributed by atoms with Crippen LogP contribution in [0.4, 0.5) is 14.5 Å². The molecule has 0 saturated heterocycles. The minimum atomic E-state index is -0.785. The number of nitrogens with one attached hydrogen (secondary N) is 1. The zero-order chi connectivity index (χ0) is 26.6. The first-order chi connectivity index (χ1) is 17.7. The number of nitrogens with two attached hydrogens (primary N) is 1. The van der Waals surface area contributed by atoms with E-state index in [0.717, 1.165) is 42.5 Å². The van der Waals surface area contributed by atoms with Gasteiger partial charge in [0.2, 0.25) is 0 Å². The lowest BCUT2D eigenvalue weighted by atomic mass is 9.85. The third-order valence-corrected chi connectivity index (χ3v) is 6.58. The molecule has 1 heterocycles. The maximum Gasteiger partial charge on any atom is 0.286 e. The second-order valence-corrected chi connectivity index (χ2v) is 9.33. The average molecular weight is 510 g/mol. The molecule has 2 aliphatic rings. The number of unbranched alkanes of at least 4 members (excludes halogenated alkanes) is 2. The number of amidine groups is 1. The van der Waals surface area contributed by atoms with Gasteiger partial charge in [0.05, 0.1) is 11.5 Å². The van der Waals surface area contributed by atoms with Crippen LogP contribution in [0.2, 0.25) is 0 Å². The highest BCUT2D eigenvalue weighted by Crippen LogP contribution is 2.42. The van der Waals surface area contributed by atoms with Crippen molar-refractivity contribution in [2.75, 3.05) is 13.1 Å². The fourth-order valence-corrected chi connectivity index (χ4v) is 4.52. The fraction of sp³-hybridized carbons (Fsp3) is 0.333. The zero-order valence-electron chi connectivity index (χ0n) is 20.5. The number of nitro benzene ring substituents is 1. The maximum absolute atomic E-state index is 14.8. The van der Waals surface area contributed by atoms with Crippen LogP contribution < -0.4 is 11.1 Å². The molecule has 0 spiro atoms. The van der Waals surface area contributed by atoms with E-state index in [0.29, 0.717) is 25.2 Å². The van der Waals surface area contributed by atoms with E-state index in [1.807, 2.05) is 19.1 Å². The van der Waals surface area contributed by atoms with Gasteiger partial charge in [0.1, 0.15) is 17.2 Å². The second kappa shape index (κ2) is 11.0. The number of carbonyl (C=O) groups excluding carboxylic acids is 1. The number of fused-ring (bicyclic) bond motifs is 1. The summed E-state index contributed by atoms with van der Waals surface area (Å²) in [5, 5.41) is 14.2. The van der Waals surface area contributed by atoms with Crippen molar-refractivity contribution in [1.82, 2.24) is 10.2 Å². The standard InChI is InChI=1S/C27H29F2N5O3/c1-27-12-11-19(18-5-7-21(28)8-6-18)16-24(27)33(17-20-15-22(34(36)37)9-10-23(20)29)25(32-27)26(35)31-14-4-2-3-13-30/h5-11,15-16H,2-4,12-14,17,30H2,1H3,(H,31,35). The summed E-state index contributed by atoms with van der Waals surface area (Å²) in [6.07, 6.45) is 6.78. The molecule has 1 aliphatic carbocycles. The molecule has 10 heteroatoms. The van der Waals surface area contributed by atoms with Gasteiger partial charge >= 0.3 is 0 Å². The SMILES string of the molecule is CC12CC=C(c3ccc(F)cc3)C=C1N(Cc1cc([N+](=O)[O-])ccc1F)C(C(=O)NCCCCCN)=N2. The van der Waals surface area contributed by atoms with E-state index in [4.69, 9.17) is 10.7 Å². The number of non-ortho nitro benzene ring substituents is 1. The first-order valence-corrected chi connectivity index (χ1v) is 12.2. The van der Waals surface area contributed by atoms with Crippen molar-refractivity contribution in [2.45, 2.75) is 44.7 Å². The number of nitro groups is 1. The van der Waals surface area contributed by atoms with E-state index in [-0.39, 0.29) is 29.4 Å². The van der Waals surface area contributed by atoms with Gasteiger partial charge in [-0.1, -0.05) is 24.6 Å². The number of hydrogen-bond acceptors (Lipinski definition) is 6. The van der Waals surface area contributed by atoms with E-state index in [1.165, 1.54) is 18.2 Å². The first kappa shape index (κ1) is 26.2. The molecule has 0 radical (unpaired) electrons. The highest BCUT2D eigenvalue weighted by molar-refractivity contribution is 6.39. The molecule has 0 bridgehead atoms. The lowest BCUT2D eigenvalue weighted by Crippen LogP contribution is -2.41. The normalized spacial score (nSPS) is 18.6. The maximum atomic E-state index is 14.8.